The molecule has 0 unspecified atom stereocenters. The summed E-state index contributed by atoms with van der Waals surface area (Å²) in [6.07, 6.45) is 3.44. The number of primary amides is 1. The summed E-state index contributed by atoms with van der Waals surface area (Å²) in [6.45, 7) is 0. The molecule has 1 amide bonds. The number of hydrogen-bond donors (Lipinski definition) is 2. The molecule has 2 rings (SSSR count). The molecule has 1 aliphatic rings. The van der Waals surface area contributed by atoms with Gasteiger partial charge in [0, 0.05) is 18.2 Å². The van der Waals surface area contributed by atoms with Gasteiger partial charge in [0.1, 0.15) is 0 Å². The van der Waals surface area contributed by atoms with E-state index in [1.54, 1.807) is 18.3 Å². The SMILES string of the molecule is NC(=O)C1=CCC(=O)c2cc[nH]c21. The number of fused-ring (bicyclic) bond motifs is 1. The van der Waals surface area contributed by atoms with Crippen LogP contribution in [-0.4, -0.2) is 16.7 Å². The molecule has 4 nitrogen and oxygen atoms in total. The Morgan fingerprint density at radius 2 is 2.31 bits per heavy atom. The predicted octanol–water partition coefficient (Wildman–Crippen LogP) is 0.470. The lowest BCUT2D eigenvalue weighted by Crippen LogP contribution is -2.18. The lowest BCUT2D eigenvalue weighted by molar-refractivity contribution is -0.112. The second kappa shape index (κ2) is 2.58. The average Bonchev–Trinajstić information content (AvgIpc) is 2.53. The summed E-state index contributed by atoms with van der Waals surface area (Å²) in [5.41, 5.74) is 6.65. The third kappa shape index (κ3) is 1.07. The number of carbonyl (C=O) groups is 2. The third-order valence-electron chi connectivity index (χ3n) is 2.07. The number of nitrogens with one attached hydrogen (secondary N) is 1. The van der Waals surface area contributed by atoms with Gasteiger partial charge in [-0.2, -0.15) is 0 Å². The van der Waals surface area contributed by atoms with Crippen LogP contribution in [0.2, 0.25) is 0 Å². The van der Waals surface area contributed by atoms with Gasteiger partial charge >= 0.3 is 0 Å². The summed E-state index contributed by atoms with van der Waals surface area (Å²) in [5.74, 6) is -0.488. The normalized spacial score (nSPS) is 15.1. The minimum absolute atomic E-state index is 0.0150. The highest BCUT2D eigenvalue weighted by molar-refractivity contribution is 6.23. The number of carbonyl (C=O) groups excluding carboxylic acids is 2. The van der Waals surface area contributed by atoms with Crippen molar-refractivity contribution < 1.29 is 9.59 Å². The maximum atomic E-state index is 11.3. The van der Waals surface area contributed by atoms with Crippen LogP contribution in [0.25, 0.3) is 5.57 Å². The number of aromatic nitrogens is 1. The van der Waals surface area contributed by atoms with Gasteiger partial charge in [-0.05, 0) is 6.07 Å². The van der Waals surface area contributed by atoms with Crippen molar-refractivity contribution in [1.82, 2.24) is 4.98 Å². The highest BCUT2D eigenvalue weighted by Gasteiger charge is 2.22. The first-order valence-corrected chi connectivity index (χ1v) is 3.91. The number of Topliss-reactive ketones (excluding diaryl/α,β-unsaturated/α-hetero) is 1. The van der Waals surface area contributed by atoms with E-state index in [1.165, 1.54) is 0 Å². The smallest absolute Gasteiger partial charge is 0.250 e. The van der Waals surface area contributed by atoms with E-state index in [2.05, 4.69) is 4.98 Å². The lowest BCUT2D eigenvalue weighted by atomic mass is 9.96. The molecule has 0 saturated heterocycles. The molecule has 4 heteroatoms. The quantitative estimate of drug-likeness (QED) is 0.652. The van der Waals surface area contributed by atoms with Gasteiger partial charge in [-0.25, -0.2) is 0 Å². The Balaban J connectivity index is 2.58. The van der Waals surface area contributed by atoms with E-state index in [4.69, 9.17) is 5.73 Å². The van der Waals surface area contributed by atoms with E-state index in [0.717, 1.165) is 0 Å². The van der Waals surface area contributed by atoms with Crippen molar-refractivity contribution in [3.63, 3.8) is 0 Å². The number of amides is 1. The molecule has 66 valence electrons. The first-order valence-electron chi connectivity index (χ1n) is 3.91. The van der Waals surface area contributed by atoms with Crippen LogP contribution in [-0.2, 0) is 4.79 Å². The largest absolute Gasteiger partial charge is 0.366 e. The number of allylic oxidation sites excluding steroid dienone is 1. The molecule has 1 heterocycles. The zero-order chi connectivity index (χ0) is 9.42. The molecule has 0 fully saturated rings. The van der Waals surface area contributed by atoms with E-state index in [9.17, 15) is 9.59 Å². The van der Waals surface area contributed by atoms with Gasteiger partial charge in [0.2, 0.25) is 0 Å². The van der Waals surface area contributed by atoms with Crippen LogP contribution in [0.3, 0.4) is 0 Å². The summed E-state index contributed by atoms with van der Waals surface area (Å²) in [7, 11) is 0. The Hall–Kier alpha value is -1.84. The molecule has 0 spiro atoms. The molecular weight excluding hydrogens is 168 g/mol. The molecule has 13 heavy (non-hydrogen) atoms. The highest BCUT2D eigenvalue weighted by Crippen LogP contribution is 2.24. The first-order chi connectivity index (χ1) is 6.20. The summed E-state index contributed by atoms with van der Waals surface area (Å²) in [6, 6.07) is 1.66. The van der Waals surface area contributed by atoms with Crippen molar-refractivity contribution >= 4 is 17.3 Å². The van der Waals surface area contributed by atoms with Gasteiger partial charge in [-0.1, -0.05) is 6.08 Å². The van der Waals surface area contributed by atoms with Gasteiger partial charge in [-0.15, -0.1) is 0 Å². The van der Waals surface area contributed by atoms with E-state index < -0.39 is 5.91 Å². The zero-order valence-corrected chi connectivity index (χ0v) is 6.83. The number of H-pyrrole nitrogens is 1. The Morgan fingerprint density at radius 1 is 1.54 bits per heavy atom. The van der Waals surface area contributed by atoms with Crippen molar-refractivity contribution in [3.05, 3.63) is 29.6 Å². The molecule has 1 aliphatic carbocycles. The van der Waals surface area contributed by atoms with Crippen LogP contribution in [0, 0.1) is 0 Å². The highest BCUT2D eigenvalue weighted by atomic mass is 16.1. The van der Waals surface area contributed by atoms with Gasteiger partial charge in [0.15, 0.2) is 5.78 Å². The summed E-state index contributed by atoms with van der Waals surface area (Å²) >= 11 is 0. The maximum absolute atomic E-state index is 11.3. The molecule has 3 N–H and O–H groups in total. The Kier molecular flexibility index (Phi) is 1.55. The van der Waals surface area contributed by atoms with Crippen molar-refractivity contribution in [2.75, 3.05) is 0 Å². The number of ketones is 1. The zero-order valence-electron chi connectivity index (χ0n) is 6.83. The van der Waals surface area contributed by atoms with Crippen molar-refractivity contribution in [2.45, 2.75) is 6.42 Å². The van der Waals surface area contributed by atoms with Crippen LogP contribution < -0.4 is 5.73 Å². The second-order valence-corrected chi connectivity index (χ2v) is 2.88. The topological polar surface area (TPSA) is 76.0 Å². The van der Waals surface area contributed by atoms with Crippen LogP contribution >= 0.6 is 0 Å². The molecule has 0 saturated carbocycles. The lowest BCUT2D eigenvalue weighted by Gasteiger charge is -2.09. The summed E-state index contributed by atoms with van der Waals surface area (Å²) in [4.78, 5) is 25.1. The minimum Gasteiger partial charge on any atom is -0.366 e. The van der Waals surface area contributed by atoms with Crippen LogP contribution in [0.5, 0.6) is 0 Å². The van der Waals surface area contributed by atoms with E-state index >= 15 is 0 Å². The molecular formula is C9H8N2O2. The predicted molar refractivity (Wildman–Crippen MR) is 46.9 cm³/mol. The summed E-state index contributed by atoms with van der Waals surface area (Å²) < 4.78 is 0. The van der Waals surface area contributed by atoms with Gasteiger partial charge in [-0.3, -0.25) is 9.59 Å². The standard InChI is InChI=1S/C9H8N2O2/c10-9(13)6-1-2-7(12)5-3-4-11-8(5)6/h1,3-4,11H,2H2,(H2,10,13). The second-order valence-electron chi connectivity index (χ2n) is 2.88. The first kappa shape index (κ1) is 7.79. The molecule has 0 radical (unpaired) electrons. The Labute approximate surface area is 74.4 Å². The Bertz CT molecular complexity index is 415. The molecule has 0 bridgehead atoms. The maximum Gasteiger partial charge on any atom is 0.250 e. The molecule has 1 aromatic heterocycles. The molecule has 1 aromatic rings. The van der Waals surface area contributed by atoms with Crippen LogP contribution in [0.4, 0.5) is 0 Å². The van der Waals surface area contributed by atoms with Crippen LogP contribution in [0.15, 0.2) is 18.3 Å². The van der Waals surface area contributed by atoms with Crippen molar-refractivity contribution in [1.29, 1.82) is 0 Å². The molecule has 0 atom stereocenters. The van der Waals surface area contributed by atoms with E-state index in [-0.39, 0.29) is 12.2 Å². The average molecular weight is 176 g/mol. The number of rotatable bonds is 1. The minimum atomic E-state index is -0.504. The van der Waals surface area contributed by atoms with E-state index in [0.29, 0.717) is 16.8 Å². The third-order valence-corrected chi connectivity index (χ3v) is 2.07. The van der Waals surface area contributed by atoms with Crippen molar-refractivity contribution in [3.8, 4) is 0 Å². The number of nitrogens with two attached hydrogens (primary N) is 1. The Morgan fingerprint density at radius 3 is 3.00 bits per heavy atom. The van der Waals surface area contributed by atoms with Gasteiger partial charge in [0.25, 0.3) is 5.91 Å². The number of hydrogen-bond acceptors (Lipinski definition) is 2. The van der Waals surface area contributed by atoms with Gasteiger partial charge < -0.3 is 10.7 Å². The fourth-order valence-electron chi connectivity index (χ4n) is 1.46. The fourth-order valence-corrected chi connectivity index (χ4v) is 1.46. The van der Waals surface area contributed by atoms with E-state index in [1.807, 2.05) is 0 Å². The molecule has 0 aromatic carbocycles. The fraction of sp³-hybridized carbons (Fsp3) is 0.111. The van der Waals surface area contributed by atoms with Crippen LogP contribution in [0.1, 0.15) is 22.5 Å². The number of aromatic amines is 1. The molecule has 0 aliphatic heterocycles. The summed E-state index contributed by atoms with van der Waals surface area (Å²) in [5, 5.41) is 0. The van der Waals surface area contributed by atoms with Crippen molar-refractivity contribution in [2.24, 2.45) is 5.73 Å². The van der Waals surface area contributed by atoms with Gasteiger partial charge in [0.05, 0.1) is 11.3 Å². The monoisotopic (exact) mass is 176 g/mol.